The quantitative estimate of drug-likeness (QED) is 0.620. The van der Waals surface area contributed by atoms with Crippen LogP contribution in [-0.2, 0) is 6.54 Å². The van der Waals surface area contributed by atoms with Gasteiger partial charge in [0.25, 0.3) is 0 Å². The summed E-state index contributed by atoms with van der Waals surface area (Å²) in [4.78, 5) is 12.1. The van der Waals surface area contributed by atoms with Gasteiger partial charge in [0.15, 0.2) is 11.9 Å². The van der Waals surface area contributed by atoms with Gasteiger partial charge in [-0.2, -0.15) is 0 Å². The molecule has 2 rings (SSSR count). The van der Waals surface area contributed by atoms with Crippen molar-refractivity contribution in [1.29, 1.82) is 0 Å². The lowest BCUT2D eigenvalue weighted by Crippen LogP contribution is -2.29. The fourth-order valence-electron chi connectivity index (χ4n) is 1.76. The van der Waals surface area contributed by atoms with Crippen LogP contribution in [0.5, 0.6) is 0 Å². The molecule has 0 saturated heterocycles. The molecule has 106 valence electrons. The third-order valence-electron chi connectivity index (χ3n) is 2.83. The van der Waals surface area contributed by atoms with E-state index < -0.39 is 6.10 Å². The first kappa shape index (κ1) is 14.5. The van der Waals surface area contributed by atoms with E-state index in [1.807, 2.05) is 20.2 Å². The van der Waals surface area contributed by atoms with Crippen molar-refractivity contribution in [3.05, 3.63) is 59.5 Å². The maximum Gasteiger partial charge on any atom is 0.199 e. The highest BCUT2D eigenvalue weighted by molar-refractivity contribution is 5.99. The van der Waals surface area contributed by atoms with Gasteiger partial charge in [-0.1, -0.05) is 30.3 Å². The van der Waals surface area contributed by atoms with Crippen molar-refractivity contribution in [3.63, 3.8) is 0 Å². The van der Waals surface area contributed by atoms with Gasteiger partial charge in [-0.05, 0) is 12.1 Å². The highest BCUT2D eigenvalue weighted by Crippen LogP contribution is 2.20. The molecule has 0 amide bonds. The Hall–Kier alpha value is -1.95. The summed E-state index contributed by atoms with van der Waals surface area (Å²) in [5.41, 5.74) is 3.51. The number of nitrogens with one attached hydrogen (secondary N) is 1. The Morgan fingerprint density at radius 2 is 1.95 bits per heavy atom. The molecule has 5 heteroatoms. The maximum atomic E-state index is 12.1. The van der Waals surface area contributed by atoms with Crippen molar-refractivity contribution in [2.45, 2.75) is 12.6 Å². The minimum Gasteiger partial charge on any atom is -0.461 e. The maximum absolute atomic E-state index is 12.1. The van der Waals surface area contributed by atoms with Gasteiger partial charge in [-0.15, -0.1) is 0 Å². The highest BCUT2D eigenvalue weighted by atomic mass is 16.4. The lowest BCUT2D eigenvalue weighted by molar-refractivity contribution is 0.0699. The third-order valence-corrected chi connectivity index (χ3v) is 2.83. The minimum atomic E-state index is -1.27. The molecule has 0 spiro atoms. The van der Waals surface area contributed by atoms with E-state index in [9.17, 15) is 9.90 Å². The van der Waals surface area contributed by atoms with Crippen LogP contribution < -0.4 is 5.43 Å². The molecule has 0 saturated carbocycles. The van der Waals surface area contributed by atoms with Gasteiger partial charge in [-0.25, -0.2) is 5.43 Å². The Kier molecular flexibility index (Phi) is 4.68. The molecule has 0 aliphatic rings. The molecule has 2 aromatic rings. The summed E-state index contributed by atoms with van der Waals surface area (Å²) < 4.78 is 5.48. The van der Waals surface area contributed by atoms with Crippen LogP contribution in [-0.4, -0.2) is 30.0 Å². The van der Waals surface area contributed by atoms with E-state index in [1.165, 1.54) is 0 Å². The van der Waals surface area contributed by atoms with Crippen molar-refractivity contribution in [3.8, 4) is 0 Å². The normalized spacial score (nSPS) is 12.6. The summed E-state index contributed by atoms with van der Waals surface area (Å²) in [5.74, 6) is 0.551. The summed E-state index contributed by atoms with van der Waals surface area (Å²) >= 11 is 0. The number of carbonyl (C=O) groups is 1. The zero-order valence-corrected chi connectivity index (χ0v) is 11.5. The SMILES string of the molecule is CN(C)NCc1ccc(C(O)C(=O)c2ccccc2)o1. The molecule has 20 heavy (non-hydrogen) atoms. The van der Waals surface area contributed by atoms with E-state index in [1.54, 1.807) is 41.4 Å². The number of Topliss-reactive ketones (excluding diaryl/α,β-unsaturated/α-hetero) is 1. The standard InChI is InChI=1S/C15H18N2O3/c1-17(2)16-10-12-8-9-13(20-12)15(19)14(18)11-6-4-3-5-7-11/h3-9,15-16,19H,10H2,1-2H3. The van der Waals surface area contributed by atoms with Crippen LogP contribution in [0, 0.1) is 0 Å². The van der Waals surface area contributed by atoms with Crippen molar-refractivity contribution in [1.82, 2.24) is 10.4 Å². The highest BCUT2D eigenvalue weighted by Gasteiger charge is 2.22. The summed E-state index contributed by atoms with van der Waals surface area (Å²) in [6, 6.07) is 12.0. The summed E-state index contributed by atoms with van der Waals surface area (Å²) in [7, 11) is 3.75. The van der Waals surface area contributed by atoms with E-state index in [-0.39, 0.29) is 11.5 Å². The monoisotopic (exact) mass is 274 g/mol. The Morgan fingerprint density at radius 1 is 1.25 bits per heavy atom. The molecule has 0 radical (unpaired) electrons. The molecule has 0 aliphatic carbocycles. The Labute approximate surface area is 117 Å². The van der Waals surface area contributed by atoms with Crippen LogP contribution in [0.2, 0.25) is 0 Å². The predicted octanol–water partition coefficient (Wildman–Crippen LogP) is 1.76. The van der Waals surface area contributed by atoms with Crippen LogP contribution in [0.4, 0.5) is 0 Å². The van der Waals surface area contributed by atoms with Crippen molar-refractivity contribution >= 4 is 5.78 Å². The fraction of sp³-hybridized carbons (Fsp3) is 0.267. The van der Waals surface area contributed by atoms with E-state index in [2.05, 4.69) is 5.43 Å². The number of aliphatic hydroxyl groups is 1. The van der Waals surface area contributed by atoms with Crippen molar-refractivity contribution in [2.24, 2.45) is 0 Å². The molecular weight excluding hydrogens is 256 g/mol. The van der Waals surface area contributed by atoms with Crippen molar-refractivity contribution in [2.75, 3.05) is 14.1 Å². The summed E-state index contributed by atoms with van der Waals surface area (Å²) in [6.45, 7) is 0.499. The lowest BCUT2D eigenvalue weighted by atomic mass is 10.1. The lowest BCUT2D eigenvalue weighted by Gasteiger charge is -2.10. The molecule has 0 fully saturated rings. The summed E-state index contributed by atoms with van der Waals surface area (Å²) in [6.07, 6.45) is -1.27. The molecule has 5 nitrogen and oxygen atoms in total. The van der Waals surface area contributed by atoms with Gasteiger partial charge in [0.1, 0.15) is 11.5 Å². The third kappa shape index (κ3) is 3.54. The molecule has 1 unspecified atom stereocenters. The van der Waals surface area contributed by atoms with Crippen LogP contribution in [0.25, 0.3) is 0 Å². The fourth-order valence-corrected chi connectivity index (χ4v) is 1.76. The average molecular weight is 274 g/mol. The number of aliphatic hydroxyl groups excluding tert-OH is 1. The predicted molar refractivity (Wildman–Crippen MR) is 75.0 cm³/mol. The van der Waals surface area contributed by atoms with Crippen LogP contribution >= 0.6 is 0 Å². The molecule has 0 bridgehead atoms. The van der Waals surface area contributed by atoms with Gasteiger partial charge in [0.05, 0.1) is 6.54 Å². The molecule has 1 heterocycles. The minimum absolute atomic E-state index is 0.259. The molecule has 2 N–H and O–H groups in total. The first-order valence-corrected chi connectivity index (χ1v) is 6.34. The van der Waals surface area contributed by atoms with Gasteiger partial charge in [0.2, 0.25) is 0 Å². The zero-order chi connectivity index (χ0) is 14.5. The van der Waals surface area contributed by atoms with Crippen LogP contribution in [0.3, 0.4) is 0 Å². The number of hydrogen-bond donors (Lipinski definition) is 2. The largest absolute Gasteiger partial charge is 0.461 e. The number of hydrogen-bond acceptors (Lipinski definition) is 5. The molecule has 1 atom stereocenters. The van der Waals surface area contributed by atoms with E-state index in [0.717, 1.165) is 0 Å². The number of hydrazine groups is 1. The van der Waals surface area contributed by atoms with E-state index in [4.69, 9.17) is 4.42 Å². The first-order chi connectivity index (χ1) is 9.58. The number of furan rings is 1. The first-order valence-electron chi connectivity index (χ1n) is 6.34. The number of rotatable bonds is 6. The molecule has 0 aliphatic heterocycles. The van der Waals surface area contributed by atoms with Gasteiger partial charge >= 0.3 is 0 Å². The second kappa shape index (κ2) is 6.47. The number of carbonyl (C=O) groups excluding carboxylic acids is 1. The molecule has 1 aromatic heterocycles. The van der Waals surface area contributed by atoms with Gasteiger partial charge in [0, 0.05) is 19.7 Å². The number of nitrogens with zero attached hydrogens (tertiary/aromatic N) is 1. The average Bonchev–Trinajstić information content (AvgIpc) is 2.93. The van der Waals surface area contributed by atoms with Crippen LogP contribution in [0.1, 0.15) is 28.0 Å². The Bertz CT molecular complexity index is 564. The van der Waals surface area contributed by atoms with Crippen molar-refractivity contribution < 1.29 is 14.3 Å². The number of ketones is 1. The summed E-state index contributed by atoms with van der Waals surface area (Å²) in [5, 5.41) is 11.9. The van der Waals surface area contributed by atoms with E-state index in [0.29, 0.717) is 17.9 Å². The molecule has 1 aromatic carbocycles. The Morgan fingerprint density at radius 3 is 2.60 bits per heavy atom. The number of benzene rings is 1. The van der Waals surface area contributed by atoms with Crippen LogP contribution in [0.15, 0.2) is 46.9 Å². The van der Waals surface area contributed by atoms with Gasteiger partial charge < -0.3 is 9.52 Å². The van der Waals surface area contributed by atoms with Gasteiger partial charge in [-0.3, -0.25) is 9.80 Å². The second-order valence-corrected chi connectivity index (χ2v) is 4.67. The zero-order valence-electron chi connectivity index (χ0n) is 11.5. The second-order valence-electron chi connectivity index (χ2n) is 4.67. The topological polar surface area (TPSA) is 65.7 Å². The molecular formula is C15H18N2O3. The van der Waals surface area contributed by atoms with E-state index >= 15 is 0 Å². The smallest absolute Gasteiger partial charge is 0.199 e. The Balaban J connectivity index is 2.06.